The summed E-state index contributed by atoms with van der Waals surface area (Å²) in [7, 11) is -1.10. The molecule has 96 valence electrons. The van der Waals surface area contributed by atoms with Crippen molar-refractivity contribution in [3.05, 3.63) is 29.8 Å². The van der Waals surface area contributed by atoms with E-state index in [1.165, 1.54) is 6.26 Å². The van der Waals surface area contributed by atoms with Gasteiger partial charge >= 0.3 is 0 Å². The molecule has 1 atom stereocenters. The first-order chi connectivity index (χ1) is 7.81. The van der Waals surface area contributed by atoms with Crippen molar-refractivity contribution in [1.82, 2.24) is 4.90 Å². The average Bonchev–Trinajstić information content (AvgIpc) is 2.24. The standard InChI is InChI=1S/C12H19NO3S/c1-10(11-6-4-5-7-12(11)14)13(2)8-9-17(3,15)16/h4-7,10,14H,8-9H2,1-3H3. The van der Waals surface area contributed by atoms with Crippen LogP contribution in [-0.2, 0) is 9.84 Å². The van der Waals surface area contributed by atoms with Gasteiger partial charge in [-0.1, -0.05) is 18.2 Å². The van der Waals surface area contributed by atoms with Gasteiger partial charge in [-0.05, 0) is 20.0 Å². The Balaban J connectivity index is 2.70. The largest absolute Gasteiger partial charge is 0.508 e. The number of nitrogens with zero attached hydrogens (tertiary/aromatic N) is 1. The predicted octanol–water partition coefficient (Wildman–Crippen LogP) is 1.43. The summed E-state index contributed by atoms with van der Waals surface area (Å²) in [5, 5.41) is 9.71. The van der Waals surface area contributed by atoms with Gasteiger partial charge in [0.2, 0.25) is 0 Å². The Morgan fingerprint density at radius 2 is 1.94 bits per heavy atom. The van der Waals surface area contributed by atoms with E-state index >= 15 is 0 Å². The number of sulfone groups is 1. The molecular weight excluding hydrogens is 238 g/mol. The van der Waals surface area contributed by atoms with Gasteiger partial charge in [-0.2, -0.15) is 0 Å². The Kier molecular flexibility index (Phi) is 4.54. The van der Waals surface area contributed by atoms with Crippen LogP contribution in [0.3, 0.4) is 0 Å². The van der Waals surface area contributed by atoms with Crippen LogP contribution in [0.2, 0.25) is 0 Å². The minimum Gasteiger partial charge on any atom is -0.508 e. The van der Waals surface area contributed by atoms with Gasteiger partial charge in [0, 0.05) is 24.4 Å². The molecule has 17 heavy (non-hydrogen) atoms. The summed E-state index contributed by atoms with van der Waals surface area (Å²) in [4.78, 5) is 1.91. The lowest BCUT2D eigenvalue weighted by Gasteiger charge is -2.25. The van der Waals surface area contributed by atoms with Crippen molar-refractivity contribution in [1.29, 1.82) is 0 Å². The smallest absolute Gasteiger partial charge is 0.148 e. The maximum absolute atomic E-state index is 11.1. The third-order valence-corrected chi connectivity index (χ3v) is 3.79. The fraction of sp³-hybridized carbons (Fsp3) is 0.500. The molecule has 1 N–H and O–H groups in total. The molecule has 5 heteroatoms. The first-order valence-electron chi connectivity index (χ1n) is 5.47. The van der Waals surface area contributed by atoms with Crippen LogP contribution in [-0.4, -0.2) is 44.0 Å². The molecule has 0 bridgehead atoms. The van der Waals surface area contributed by atoms with Crippen LogP contribution < -0.4 is 0 Å². The topological polar surface area (TPSA) is 57.6 Å². The highest BCUT2D eigenvalue weighted by Crippen LogP contribution is 2.26. The number of phenolic OH excluding ortho intramolecular Hbond substituents is 1. The van der Waals surface area contributed by atoms with Gasteiger partial charge in [-0.15, -0.1) is 0 Å². The number of phenols is 1. The summed E-state index contributed by atoms with van der Waals surface area (Å²) in [6.45, 7) is 2.39. The zero-order valence-corrected chi connectivity index (χ0v) is 11.2. The minimum atomic E-state index is -2.95. The fourth-order valence-electron chi connectivity index (χ4n) is 1.58. The van der Waals surface area contributed by atoms with Crippen LogP contribution in [0, 0.1) is 0 Å². The van der Waals surface area contributed by atoms with Crippen LogP contribution in [0.15, 0.2) is 24.3 Å². The highest BCUT2D eigenvalue weighted by atomic mass is 32.2. The van der Waals surface area contributed by atoms with Crippen LogP contribution >= 0.6 is 0 Å². The van der Waals surface area contributed by atoms with E-state index in [1.54, 1.807) is 12.1 Å². The summed E-state index contributed by atoms with van der Waals surface area (Å²) in [6, 6.07) is 7.09. The highest BCUT2D eigenvalue weighted by molar-refractivity contribution is 7.90. The van der Waals surface area contributed by atoms with Gasteiger partial charge in [0.1, 0.15) is 15.6 Å². The van der Waals surface area contributed by atoms with E-state index < -0.39 is 9.84 Å². The Hall–Kier alpha value is -1.07. The maximum Gasteiger partial charge on any atom is 0.148 e. The summed E-state index contributed by atoms with van der Waals surface area (Å²) < 4.78 is 22.2. The van der Waals surface area contributed by atoms with E-state index in [2.05, 4.69) is 0 Å². The van der Waals surface area contributed by atoms with Crippen molar-refractivity contribution in [2.45, 2.75) is 13.0 Å². The van der Waals surface area contributed by atoms with Crippen LogP contribution in [0.1, 0.15) is 18.5 Å². The lowest BCUT2D eigenvalue weighted by Crippen LogP contribution is -2.28. The van der Waals surface area contributed by atoms with Gasteiger partial charge in [-0.25, -0.2) is 8.42 Å². The van der Waals surface area contributed by atoms with E-state index in [9.17, 15) is 13.5 Å². The molecule has 0 saturated carbocycles. The predicted molar refractivity (Wildman–Crippen MR) is 68.9 cm³/mol. The fourth-order valence-corrected chi connectivity index (χ4v) is 2.20. The van der Waals surface area contributed by atoms with Gasteiger partial charge in [0.05, 0.1) is 5.75 Å². The van der Waals surface area contributed by atoms with Crippen molar-refractivity contribution in [2.24, 2.45) is 0 Å². The molecule has 4 nitrogen and oxygen atoms in total. The molecule has 0 aromatic heterocycles. The minimum absolute atomic E-state index is 0.0158. The summed E-state index contributed by atoms with van der Waals surface area (Å²) >= 11 is 0. The summed E-state index contributed by atoms with van der Waals surface area (Å²) in [6.07, 6.45) is 1.23. The van der Waals surface area contributed by atoms with Crippen molar-refractivity contribution < 1.29 is 13.5 Å². The Morgan fingerprint density at radius 3 is 2.47 bits per heavy atom. The number of aromatic hydroxyl groups is 1. The number of hydrogen-bond donors (Lipinski definition) is 1. The molecule has 1 unspecified atom stereocenters. The second-order valence-electron chi connectivity index (χ2n) is 4.35. The van der Waals surface area contributed by atoms with Gasteiger partial charge in [0.25, 0.3) is 0 Å². The van der Waals surface area contributed by atoms with Gasteiger partial charge < -0.3 is 5.11 Å². The van der Waals surface area contributed by atoms with E-state index in [1.807, 2.05) is 31.0 Å². The van der Waals surface area contributed by atoms with E-state index in [0.717, 1.165) is 5.56 Å². The molecule has 1 aromatic carbocycles. The maximum atomic E-state index is 11.1. The van der Waals surface area contributed by atoms with Crippen LogP contribution in [0.25, 0.3) is 0 Å². The quantitative estimate of drug-likeness (QED) is 0.867. The Bertz CT molecular complexity index is 470. The lowest BCUT2D eigenvalue weighted by atomic mass is 10.1. The number of rotatable bonds is 5. The Morgan fingerprint density at radius 1 is 1.35 bits per heavy atom. The van der Waals surface area contributed by atoms with Gasteiger partial charge in [-0.3, -0.25) is 4.90 Å². The van der Waals surface area contributed by atoms with Crippen molar-refractivity contribution in [3.63, 3.8) is 0 Å². The monoisotopic (exact) mass is 257 g/mol. The van der Waals surface area contributed by atoms with E-state index in [-0.39, 0.29) is 17.5 Å². The molecule has 0 aliphatic carbocycles. The number of hydrogen-bond acceptors (Lipinski definition) is 4. The second kappa shape index (κ2) is 5.51. The lowest BCUT2D eigenvalue weighted by molar-refractivity contribution is 0.270. The molecule has 0 aliphatic rings. The molecule has 0 radical (unpaired) electrons. The zero-order valence-electron chi connectivity index (χ0n) is 10.4. The second-order valence-corrected chi connectivity index (χ2v) is 6.61. The molecule has 0 fully saturated rings. The molecular formula is C12H19NO3S. The molecule has 0 spiro atoms. The molecule has 0 amide bonds. The highest BCUT2D eigenvalue weighted by Gasteiger charge is 2.16. The number of para-hydroxylation sites is 1. The zero-order chi connectivity index (χ0) is 13.1. The van der Waals surface area contributed by atoms with Crippen molar-refractivity contribution in [2.75, 3.05) is 25.6 Å². The molecule has 1 rings (SSSR count). The third kappa shape index (κ3) is 4.36. The molecule has 1 aromatic rings. The van der Waals surface area contributed by atoms with E-state index in [4.69, 9.17) is 0 Å². The van der Waals surface area contributed by atoms with Crippen LogP contribution in [0.5, 0.6) is 5.75 Å². The third-order valence-electron chi connectivity index (χ3n) is 2.86. The normalized spacial score (nSPS) is 13.9. The summed E-state index contributed by atoms with van der Waals surface area (Å²) in [5.41, 5.74) is 0.809. The number of benzene rings is 1. The first kappa shape index (κ1) is 14.0. The Labute approximate surface area is 103 Å². The molecule has 0 aliphatic heterocycles. The molecule has 0 saturated heterocycles. The average molecular weight is 257 g/mol. The van der Waals surface area contributed by atoms with Gasteiger partial charge in [0.15, 0.2) is 0 Å². The summed E-state index contributed by atoms with van der Waals surface area (Å²) in [5.74, 6) is 0.368. The first-order valence-corrected chi connectivity index (χ1v) is 7.53. The van der Waals surface area contributed by atoms with Crippen LogP contribution in [0.4, 0.5) is 0 Å². The molecule has 0 heterocycles. The van der Waals surface area contributed by atoms with Crippen molar-refractivity contribution >= 4 is 9.84 Å². The SMILES string of the molecule is CC(c1ccccc1O)N(C)CCS(C)(=O)=O. The van der Waals surface area contributed by atoms with E-state index in [0.29, 0.717) is 6.54 Å². The van der Waals surface area contributed by atoms with Crippen molar-refractivity contribution in [3.8, 4) is 5.75 Å².